The summed E-state index contributed by atoms with van der Waals surface area (Å²) in [6.45, 7) is 1.83. The molecule has 2 aliphatic rings. The van der Waals surface area contributed by atoms with Gasteiger partial charge in [0, 0.05) is 15.5 Å². The van der Waals surface area contributed by atoms with Crippen molar-refractivity contribution in [3.8, 4) is 0 Å². The van der Waals surface area contributed by atoms with Gasteiger partial charge in [-0.25, -0.2) is 4.79 Å². The molecule has 1 aromatic carbocycles. The van der Waals surface area contributed by atoms with E-state index in [1.54, 1.807) is 12.2 Å². The summed E-state index contributed by atoms with van der Waals surface area (Å²) in [5.74, 6) is -0.335. The summed E-state index contributed by atoms with van der Waals surface area (Å²) in [5.41, 5.74) is -1.69. The van der Waals surface area contributed by atoms with E-state index in [2.05, 4.69) is 15.9 Å². The van der Waals surface area contributed by atoms with E-state index in [9.17, 15) is 18.0 Å². The zero-order chi connectivity index (χ0) is 16.8. The lowest BCUT2D eigenvalue weighted by molar-refractivity contribution is -0.138. The molecule has 1 aliphatic heterocycles. The molecule has 0 aromatic heterocycles. The van der Waals surface area contributed by atoms with Gasteiger partial charge in [0.15, 0.2) is 0 Å². The summed E-state index contributed by atoms with van der Waals surface area (Å²) in [5, 5.41) is 0. The van der Waals surface area contributed by atoms with Gasteiger partial charge >= 0.3 is 12.1 Å². The second kappa shape index (κ2) is 5.37. The molecule has 0 N–H and O–H groups in total. The summed E-state index contributed by atoms with van der Waals surface area (Å²) in [6, 6.07) is 5.04. The third-order valence-electron chi connectivity index (χ3n) is 3.96. The highest BCUT2D eigenvalue weighted by Crippen LogP contribution is 2.46. The van der Waals surface area contributed by atoms with E-state index < -0.39 is 23.1 Å². The number of benzene rings is 1. The molecule has 120 valence electrons. The first-order chi connectivity index (χ1) is 10.7. The van der Waals surface area contributed by atoms with Crippen LogP contribution < -0.4 is 0 Å². The average molecular weight is 385 g/mol. The standard InChI is InChI=1S/C17H12BrF3O2/c1-16-7-6-10(18)8-14(16)23-15(22)12(9-16)11-4-2-3-5-13(11)17(19,20)21/h2-6,8-9H,7H2,1H3. The first-order valence-electron chi connectivity index (χ1n) is 6.90. The molecule has 1 unspecified atom stereocenters. The molecule has 0 saturated carbocycles. The fraction of sp³-hybridized carbons (Fsp3) is 0.235. The first kappa shape index (κ1) is 16.1. The van der Waals surface area contributed by atoms with Crippen molar-refractivity contribution in [1.29, 1.82) is 0 Å². The molecule has 23 heavy (non-hydrogen) atoms. The Hall–Kier alpha value is -1.82. The molecule has 1 aliphatic carbocycles. The van der Waals surface area contributed by atoms with Crippen LogP contribution in [0.3, 0.4) is 0 Å². The number of rotatable bonds is 1. The third-order valence-corrected chi connectivity index (χ3v) is 4.51. The third kappa shape index (κ3) is 2.87. The molecule has 0 fully saturated rings. The second-order valence-corrected chi connectivity index (χ2v) is 6.63. The summed E-state index contributed by atoms with van der Waals surface area (Å²) in [4.78, 5) is 12.2. The van der Waals surface area contributed by atoms with Gasteiger partial charge in [-0.1, -0.05) is 46.3 Å². The number of carbonyl (C=O) groups excluding carboxylic acids is 1. The van der Waals surface area contributed by atoms with Crippen LogP contribution in [0.2, 0.25) is 0 Å². The highest BCUT2D eigenvalue weighted by atomic mass is 79.9. The summed E-state index contributed by atoms with van der Waals surface area (Å²) in [6.07, 6.45) is 1.14. The van der Waals surface area contributed by atoms with Crippen LogP contribution in [0.15, 0.2) is 52.7 Å². The van der Waals surface area contributed by atoms with Crippen molar-refractivity contribution in [3.05, 3.63) is 63.9 Å². The van der Waals surface area contributed by atoms with E-state index in [0.717, 1.165) is 10.5 Å². The molecule has 1 atom stereocenters. The van der Waals surface area contributed by atoms with Crippen LogP contribution >= 0.6 is 15.9 Å². The van der Waals surface area contributed by atoms with E-state index >= 15 is 0 Å². The van der Waals surface area contributed by atoms with Crippen LogP contribution in [-0.2, 0) is 15.7 Å². The van der Waals surface area contributed by atoms with Crippen molar-refractivity contribution in [2.75, 3.05) is 0 Å². The van der Waals surface area contributed by atoms with Gasteiger partial charge in [0.1, 0.15) is 5.76 Å². The highest BCUT2D eigenvalue weighted by molar-refractivity contribution is 9.11. The predicted octanol–water partition coefficient (Wildman–Crippen LogP) is 5.22. The molecule has 2 nitrogen and oxygen atoms in total. The van der Waals surface area contributed by atoms with Crippen LogP contribution in [-0.4, -0.2) is 5.97 Å². The van der Waals surface area contributed by atoms with Gasteiger partial charge in [-0.3, -0.25) is 0 Å². The molecule has 0 radical (unpaired) electrons. The Balaban J connectivity index is 2.14. The van der Waals surface area contributed by atoms with E-state index in [0.29, 0.717) is 12.2 Å². The maximum Gasteiger partial charge on any atom is 0.417 e. The van der Waals surface area contributed by atoms with E-state index in [-0.39, 0.29) is 11.1 Å². The largest absolute Gasteiger partial charge is 0.426 e. The molecule has 3 rings (SSSR count). The number of ether oxygens (including phenoxy) is 1. The Bertz CT molecular complexity index is 774. The van der Waals surface area contributed by atoms with Crippen LogP contribution in [0.25, 0.3) is 5.57 Å². The molecule has 0 saturated heterocycles. The average Bonchev–Trinajstić information content (AvgIpc) is 2.47. The number of hydrogen-bond acceptors (Lipinski definition) is 2. The van der Waals surface area contributed by atoms with Gasteiger partial charge in [-0.15, -0.1) is 0 Å². The summed E-state index contributed by atoms with van der Waals surface area (Å²) >= 11 is 3.32. The van der Waals surface area contributed by atoms with Gasteiger partial charge < -0.3 is 4.74 Å². The Labute approximate surface area is 139 Å². The van der Waals surface area contributed by atoms with Crippen LogP contribution in [0.4, 0.5) is 13.2 Å². The zero-order valence-corrected chi connectivity index (χ0v) is 13.7. The van der Waals surface area contributed by atoms with E-state index in [4.69, 9.17) is 4.74 Å². The molecular formula is C17H12BrF3O2. The molecule has 1 heterocycles. The number of hydrogen-bond donors (Lipinski definition) is 0. The fourth-order valence-electron chi connectivity index (χ4n) is 2.72. The van der Waals surface area contributed by atoms with Crippen LogP contribution in [0.5, 0.6) is 0 Å². The molecular weight excluding hydrogens is 373 g/mol. The Morgan fingerprint density at radius 1 is 1.26 bits per heavy atom. The Morgan fingerprint density at radius 2 is 1.96 bits per heavy atom. The normalized spacial score (nSPS) is 24.2. The van der Waals surface area contributed by atoms with Gasteiger partial charge in [0.2, 0.25) is 0 Å². The van der Waals surface area contributed by atoms with Gasteiger partial charge in [0.25, 0.3) is 0 Å². The van der Waals surface area contributed by atoms with Crippen LogP contribution in [0, 0.1) is 5.41 Å². The zero-order valence-electron chi connectivity index (χ0n) is 12.1. The Kier molecular flexibility index (Phi) is 3.75. The van der Waals surface area contributed by atoms with Crippen molar-refractivity contribution in [2.24, 2.45) is 5.41 Å². The molecule has 6 heteroatoms. The predicted molar refractivity (Wildman–Crippen MR) is 83.3 cm³/mol. The van der Waals surface area contributed by atoms with Crippen molar-refractivity contribution < 1.29 is 22.7 Å². The minimum absolute atomic E-state index is 0.0519. The number of fused-ring (bicyclic) bond motifs is 1. The lowest BCUT2D eigenvalue weighted by Crippen LogP contribution is -2.29. The molecule has 0 amide bonds. The van der Waals surface area contributed by atoms with Crippen molar-refractivity contribution >= 4 is 27.5 Å². The SMILES string of the molecule is CC12C=C(c3ccccc3C(F)(F)F)C(=O)OC1=CC(Br)=CC2. The number of allylic oxidation sites excluding steroid dienone is 4. The first-order valence-corrected chi connectivity index (χ1v) is 7.69. The lowest BCUT2D eigenvalue weighted by atomic mass is 9.77. The Morgan fingerprint density at radius 3 is 2.65 bits per heavy atom. The minimum Gasteiger partial charge on any atom is -0.426 e. The maximum absolute atomic E-state index is 13.2. The summed E-state index contributed by atoms with van der Waals surface area (Å²) < 4.78 is 45.7. The second-order valence-electron chi connectivity index (χ2n) is 5.71. The fourth-order valence-corrected chi connectivity index (χ4v) is 3.09. The summed E-state index contributed by atoms with van der Waals surface area (Å²) in [7, 11) is 0. The lowest BCUT2D eigenvalue weighted by Gasteiger charge is -2.34. The van der Waals surface area contributed by atoms with Gasteiger partial charge in [-0.05, 0) is 25.5 Å². The van der Waals surface area contributed by atoms with Crippen molar-refractivity contribution in [1.82, 2.24) is 0 Å². The van der Waals surface area contributed by atoms with E-state index in [1.165, 1.54) is 18.2 Å². The quantitative estimate of drug-likeness (QED) is 0.620. The maximum atomic E-state index is 13.2. The van der Waals surface area contributed by atoms with E-state index in [1.807, 2.05) is 13.0 Å². The number of esters is 1. The van der Waals surface area contributed by atoms with Crippen LogP contribution in [0.1, 0.15) is 24.5 Å². The molecule has 0 spiro atoms. The van der Waals surface area contributed by atoms with Gasteiger partial charge in [-0.2, -0.15) is 13.2 Å². The van der Waals surface area contributed by atoms with Gasteiger partial charge in [0.05, 0.1) is 11.1 Å². The highest BCUT2D eigenvalue weighted by Gasteiger charge is 2.41. The molecule has 0 bridgehead atoms. The molecule has 1 aromatic rings. The van der Waals surface area contributed by atoms with Crippen molar-refractivity contribution in [2.45, 2.75) is 19.5 Å². The number of carbonyl (C=O) groups is 1. The monoisotopic (exact) mass is 384 g/mol. The minimum atomic E-state index is -4.54. The number of halogens is 4. The number of alkyl halides is 3. The van der Waals surface area contributed by atoms with Crippen molar-refractivity contribution in [3.63, 3.8) is 0 Å². The smallest absolute Gasteiger partial charge is 0.417 e. The topological polar surface area (TPSA) is 26.3 Å².